The van der Waals surface area contributed by atoms with Gasteiger partial charge in [0.1, 0.15) is 17.2 Å². The number of unbranched alkanes of at least 4 members (excludes halogenated alkanes) is 13. The lowest BCUT2D eigenvalue weighted by atomic mass is 9.96. The van der Waals surface area contributed by atoms with Crippen LogP contribution in [0.25, 0.3) is 0 Å². The van der Waals surface area contributed by atoms with Crippen LogP contribution in [0.1, 0.15) is 140 Å². The molecule has 0 aliphatic carbocycles. The van der Waals surface area contributed by atoms with Gasteiger partial charge in [0.05, 0.1) is 18.1 Å². The van der Waals surface area contributed by atoms with E-state index in [1.807, 2.05) is 29.2 Å². The van der Waals surface area contributed by atoms with Crippen molar-refractivity contribution in [3.05, 3.63) is 54.1 Å². The van der Waals surface area contributed by atoms with Gasteiger partial charge in [0.2, 0.25) is 5.91 Å². The van der Waals surface area contributed by atoms with Crippen LogP contribution >= 0.6 is 0 Å². The molecule has 2 aromatic carbocycles. The van der Waals surface area contributed by atoms with Crippen LogP contribution in [0.5, 0.6) is 17.2 Å². The van der Waals surface area contributed by atoms with Gasteiger partial charge in [-0.3, -0.25) is 9.59 Å². The van der Waals surface area contributed by atoms with E-state index in [1.165, 1.54) is 77.0 Å². The van der Waals surface area contributed by atoms with Gasteiger partial charge in [0, 0.05) is 19.5 Å². The maximum atomic E-state index is 12.7. The first kappa shape index (κ1) is 37.1. The summed E-state index contributed by atoms with van der Waals surface area (Å²) in [5.41, 5.74) is 0.285. The first-order valence-corrected chi connectivity index (χ1v) is 18.0. The fraction of sp³-hybridized carbons (Fsp3) is 0.615. The van der Waals surface area contributed by atoms with Crippen LogP contribution in [0.4, 0.5) is 0 Å². The molecule has 46 heavy (non-hydrogen) atoms. The van der Waals surface area contributed by atoms with Crippen LogP contribution in [-0.4, -0.2) is 42.4 Å². The van der Waals surface area contributed by atoms with Gasteiger partial charge in [-0.1, -0.05) is 97.3 Å². The van der Waals surface area contributed by atoms with Crippen molar-refractivity contribution in [1.29, 1.82) is 0 Å². The van der Waals surface area contributed by atoms with Crippen molar-refractivity contribution in [3.63, 3.8) is 0 Å². The highest BCUT2D eigenvalue weighted by molar-refractivity contribution is 5.97. The Balaban J connectivity index is 1.30. The number of carbonyl (C=O) groups is 3. The van der Waals surface area contributed by atoms with Crippen molar-refractivity contribution < 1.29 is 28.6 Å². The van der Waals surface area contributed by atoms with E-state index in [0.717, 1.165) is 25.0 Å². The van der Waals surface area contributed by atoms with Gasteiger partial charge in [0.25, 0.3) is 0 Å². The zero-order valence-corrected chi connectivity index (χ0v) is 28.4. The fourth-order valence-electron chi connectivity index (χ4n) is 5.81. The van der Waals surface area contributed by atoms with E-state index in [1.54, 1.807) is 24.3 Å². The van der Waals surface area contributed by atoms with E-state index >= 15 is 0 Å². The van der Waals surface area contributed by atoms with E-state index in [-0.39, 0.29) is 17.4 Å². The lowest BCUT2D eigenvalue weighted by Crippen LogP contribution is -2.40. The van der Waals surface area contributed by atoms with Crippen molar-refractivity contribution in [1.82, 2.24) is 4.90 Å². The van der Waals surface area contributed by atoms with Crippen molar-refractivity contribution in [2.24, 2.45) is 5.92 Å². The molecule has 0 unspecified atom stereocenters. The highest BCUT2D eigenvalue weighted by atomic mass is 16.6. The van der Waals surface area contributed by atoms with Crippen LogP contribution in [0.15, 0.2) is 48.5 Å². The van der Waals surface area contributed by atoms with Gasteiger partial charge in [-0.15, -0.1) is 0 Å². The lowest BCUT2D eigenvalue weighted by Gasteiger charge is -2.30. The molecule has 7 heteroatoms. The zero-order valence-electron chi connectivity index (χ0n) is 28.4. The highest BCUT2D eigenvalue weighted by Gasteiger charge is 2.29. The monoisotopic (exact) mass is 635 g/mol. The van der Waals surface area contributed by atoms with E-state index in [4.69, 9.17) is 14.2 Å². The molecule has 1 amide bonds. The minimum atomic E-state index is -0.674. The second-order valence-corrected chi connectivity index (χ2v) is 12.7. The van der Waals surface area contributed by atoms with Crippen LogP contribution in [0, 0.1) is 5.92 Å². The molecule has 0 bridgehead atoms. The molecule has 1 aliphatic rings. The molecule has 1 aliphatic heterocycles. The first-order valence-electron chi connectivity index (χ1n) is 18.0. The van der Waals surface area contributed by atoms with Gasteiger partial charge in [-0.05, 0) is 74.2 Å². The minimum absolute atomic E-state index is 0.164. The molecule has 7 nitrogen and oxygen atoms in total. The van der Waals surface area contributed by atoms with Gasteiger partial charge in [-0.2, -0.15) is 0 Å². The van der Waals surface area contributed by atoms with Gasteiger partial charge in [-0.25, -0.2) is 4.79 Å². The van der Waals surface area contributed by atoms with Gasteiger partial charge < -0.3 is 19.1 Å². The average molecular weight is 636 g/mol. The van der Waals surface area contributed by atoms with Crippen LogP contribution in [-0.2, 0) is 14.3 Å². The first-order chi connectivity index (χ1) is 22.5. The third-order valence-corrected chi connectivity index (χ3v) is 8.78. The fourth-order valence-corrected chi connectivity index (χ4v) is 5.81. The number of benzene rings is 2. The van der Waals surface area contributed by atoms with Crippen molar-refractivity contribution in [2.45, 2.75) is 129 Å². The van der Waals surface area contributed by atoms with E-state index in [2.05, 4.69) is 13.8 Å². The topological polar surface area (TPSA) is 82.1 Å². The number of esters is 2. The number of ether oxygens (including phenoxy) is 3. The Hall–Kier alpha value is -3.35. The molecule has 3 rings (SSSR count). The molecule has 0 spiro atoms. The average Bonchev–Trinajstić information content (AvgIpc) is 3.08. The number of hydrogen-bond acceptors (Lipinski definition) is 6. The van der Waals surface area contributed by atoms with Crippen LogP contribution in [0.2, 0.25) is 0 Å². The predicted octanol–water partition coefficient (Wildman–Crippen LogP) is 10.1. The molecular formula is C39H57NO6. The Morgan fingerprint density at radius 2 is 1.11 bits per heavy atom. The van der Waals surface area contributed by atoms with Crippen molar-refractivity contribution in [3.8, 4) is 17.2 Å². The molecule has 0 radical (unpaired) electrons. The van der Waals surface area contributed by atoms with Crippen molar-refractivity contribution in [2.75, 3.05) is 19.7 Å². The third kappa shape index (κ3) is 14.4. The lowest BCUT2D eigenvalue weighted by molar-refractivity contribution is -0.146. The second-order valence-electron chi connectivity index (χ2n) is 12.7. The number of piperidine rings is 1. The summed E-state index contributed by atoms with van der Waals surface area (Å²) in [7, 11) is 0. The normalized spacial score (nSPS) is 13.4. The number of amides is 1. The summed E-state index contributed by atoms with van der Waals surface area (Å²) in [5.74, 6) is 0.653. The Kier molecular flexibility index (Phi) is 17.9. The second kappa shape index (κ2) is 22.2. The minimum Gasteiger partial charge on any atom is -0.494 e. The highest BCUT2D eigenvalue weighted by Crippen LogP contribution is 2.25. The van der Waals surface area contributed by atoms with Gasteiger partial charge >= 0.3 is 11.9 Å². The molecule has 0 N–H and O–H groups in total. The van der Waals surface area contributed by atoms with Gasteiger partial charge in [0.15, 0.2) is 0 Å². The Morgan fingerprint density at radius 3 is 1.67 bits per heavy atom. The number of carbonyl (C=O) groups excluding carboxylic acids is 3. The summed E-state index contributed by atoms with van der Waals surface area (Å²) in [4.78, 5) is 39.7. The maximum absolute atomic E-state index is 12.7. The standard InChI is InChI=1S/C39H57NO6/c1-3-5-7-9-11-13-15-17-31-44-34-23-25-36(26-24-34)45-35-21-19-32(20-22-35)38(42)46-39(43)33-27-29-40(30-28-33)37(41)18-16-14-12-10-8-6-4-2/h19-26,33H,3-18,27-31H2,1-2H3. The third-order valence-electron chi connectivity index (χ3n) is 8.78. The van der Waals surface area contributed by atoms with E-state index < -0.39 is 11.9 Å². The molecule has 0 aromatic heterocycles. The maximum Gasteiger partial charge on any atom is 0.345 e. The summed E-state index contributed by atoms with van der Waals surface area (Å²) < 4.78 is 17.0. The molecule has 1 fully saturated rings. The molecule has 1 heterocycles. The number of hydrogen-bond donors (Lipinski definition) is 0. The molecule has 0 saturated carbocycles. The largest absolute Gasteiger partial charge is 0.494 e. The number of rotatable bonds is 22. The smallest absolute Gasteiger partial charge is 0.345 e. The zero-order chi connectivity index (χ0) is 32.8. The number of likely N-dealkylation sites (tertiary alicyclic amines) is 1. The van der Waals surface area contributed by atoms with E-state index in [0.29, 0.717) is 50.5 Å². The number of nitrogens with zero attached hydrogens (tertiary/aromatic N) is 1. The summed E-state index contributed by atoms with van der Waals surface area (Å²) in [6.45, 7) is 6.23. The molecular weight excluding hydrogens is 578 g/mol. The summed E-state index contributed by atoms with van der Waals surface area (Å²) >= 11 is 0. The Morgan fingerprint density at radius 1 is 0.630 bits per heavy atom. The molecule has 254 valence electrons. The Bertz CT molecular complexity index is 1140. The summed E-state index contributed by atoms with van der Waals surface area (Å²) in [5, 5.41) is 0. The van der Waals surface area contributed by atoms with Crippen molar-refractivity contribution >= 4 is 17.8 Å². The SMILES string of the molecule is CCCCCCCCCCOc1ccc(Oc2ccc(C(=O)OC(=O)C3CCN(C(=O)CCCCCCCCC)CC3)cc2)cc1. The van der Waals surface area contributed by atoms with Crippen LogP contribution in [0.3, 0.4) is 0 Å². The quantitative estimate of drug-likeness (QED) is 0.0727. The molecule has 0 atom stereocenters. The Labute approximate surface area is 277 Å². The predicted molar refractivity (Wildman–Crippen MR) is 183 cm³/mol. The molecule has 2 aromatic rings. The summed E-state index contributed by atoms with van der Waals surface area (Å²) in [6, 6.07) is 14.1. The van der Waals surface area contributed by atoms with E-state index in [9.17, 15) is 14.4 Å². The summed E-state index contributed by atoms with van der Waals surface area (Å²) in [6.07, 6.45) is 20.0. The van der Waals surface area contributed by atoms with Crippen LogP contribution < -0.4 is 9.47 Å². The molecule has 1 saturated heterocycles.